The zero-order valence-corrected chi connectivity index (χ0v) is 16.0. The number of hydrogen-bond acceptors (Lipinski definition) is 3. The summed E-state index contributed by atoms with van der Waals surface area (Å²) in [6.45, 7) is 0. The van der Waals surface area contributed by atoms with E-state index in [1.165, 1.54) is 0 Å². The molecule has 5 heteroatoms. The molecule has 2 aromatic carbocycles. The van der Waals surface area contributed by atoms with Crippen LogP contribution in [-0.2, 0) is 0 Å². The fraction of sp³-hybridized carbons (Fsp3) is 0.208. The fourth-order valence-corrected chi connectivity index (χ4v) is 4.36. The Morgan fingerprint density at radius 1 is 0.966 bits per heavy atom. The van der Waals surface area contributed by atoms with E-state index in [9.17, 15) is 9.90 Å². The maximum absolute atomic E-state index is 11.8. The minimum Gasteiger partial charge on any atom is -0.478 e. The highest BCUT2D eigenvalue weighted by Gasteiger charge is 2.23. The standard InChI is InChI=1S/C24H21N3O2/c28-24(29)19-11-10-18(14-20(19)16-6-4-5-7-16)22-12-13-25-23-15-21(26-27(22)23)17-8-2-1-3-9-17/h1-3,8-16H,4-7H2,(H,28,29). The van der Waals surface area contributed by atoms with Crippen molar-refractivity contribution in [2.45, 2.75) is 31.6 Å². The molecule has 1 aliphatic carbocycles. The summed E-state index contributed by atoms with van der Waals surface area (Å²) in [6, 6.07) is 19.6. The van der Waals surface area contributed by atoms with Crippen LogP contribution in [0.1, 0.15) is 47.5 Å². The van der Waals surface area contributed by atoms with Crippen molar-refractivity contribution < 1.29 is 9.90 Å². The van der Waals surface area contributed by atoms with Crippen LogP contribution >= 0.6 is 0 Å². The average molecular weight is 383 g/mol. The maximum atomic E-state index is 11.8. The van der Waals surface area contributed by atoms with Crippen LogP contribution in [0.3, 0.4) is 0 Å². The summed E-state index contributed by atoms with van der Waals surface area (Å²) in [5.74, 6) is -0.542. The second-order valence-corrected chi connectivity index (χ2v) is 7.58. The average Bonchev–Trinajstić information content (AvgIpc) is 3.43. The van der Waals surface area contributed by atoms with Crippen molar-refractivity contribution in [3.05, 3.63) is 78.0 Å². The first kappa shape index (κ1) is 17.6. The van der Waals surface area contributed by atoms with Gasteiger partial charge in [-0.25, -0.2) is 14.3 Å². The number of fused-ring (bicyclic) bond motifs is 1. The van der Waals surface area contributed by atoms with E-state index in [1.807, 2.05) is 59.1 Å². The van der Waals surface area contributed by atoms with E-state index in [0.717, 1.165) is 59.4 Å². The molecule has 0 unspecified atom stereocenters. The molecule has 0 saturated heterocycles. The molecule has 5 rings (SSSR count). The van der Waals surface area contributed by atoms with Gasteiger partial charge in [-0.3, -0.25) is 0 Å². The number of nitrogens with zero attached hydrogens (tertiary/aromatic N) is 3. The summed E-state index contributed by atoms with van der Waals surface area (Å²) in [7, 11) is 0. The highest BCUT2D eigenvalue weighted by Crippen LogP contribution is 2.38. The van der Waals surface area contributed by atoms with Gasteiger partial charge >= 0.3 is 5.97 Å². The topological polar surface area (TPSA) is 67.5 Å². The van der Waals surface area contributed by atoms with E-state index in [1.54, 1.807) is 12.3 Å². The molecule has 29 heavy (non-hydrogen) atoms. The van der Waals surface area contributed by atoms with Gasteiger partial charge in [0.2, 0.25) is 0 Å². The molecule has 5 nitrogen and oxygen atoms in total. The molecule has 144 valence electrons. The number of carboxylic acid groups (broad SMARTS) is 1. The van der Waals surface area contributed by atoms with Crippen molar-refractivity contribution in [1.82, 2.24) is 14.6 Å². The van der Waals surface area contributed by atoms with Crippen LogP contribution < -0.4 is 0 Å². The maximum Gasteiger partial charge on any atom is 0.335 e. The lowest BCUT2D eigenvalue weighted by atomic mass is 9.90. The third kappa shape index (κ3) is 3.18. The molecule has 1 N–H and O–H groups in total. The molecule has 1 fully saturated rings. The van der Waals surface area contributed by atoms with Crippen LogP contribution in [0, 0.1) is 0 Å². The number of aromatic nitrogens is 3. The Kier molecular flexibility index (Phi) is 4.35. The van der Waals surface area contributed by atoms with Crippen LogP contribution in [-0.4, -0.2) is 25.7 Å². The number of carboxylic acids is 1. The molecule has 4 aromatic rings. The second kappa shape index (κ2) is 7.17. The number of rotatable bonds is 4. The predicted molar refractivity (Wildman–Crippen MR) is 112 cm³/mol. The molecule has 2 aromatic heterocycles. The lowest BCUT2D eigenvalue weighted by molar-refractivity contribution is 0.0695. The minimum atomic E-state index is -0.858. The number of aromatic carboxylic acids is 1. The van der Waals surface area contributed by atoms with Crippen LogP contribution in [0.15, 0.2) is 66.9 Å². The van der Waals surface area contributed by atoms with E-state index in [-0.39, 0.29) is 0 Å². The quantitative estimate of drug-likeness (QED) is 0.511. The van der Waals surface area contributed by atoms with Gasteiger partial charge < -0.3 is 5.11 Å². The molecule has 0 bridgehead atoms. The summed E-state index contributed by atoms with van der Waals surface area (Å²) in [4.78, 5) is 16.2. The van der Waals surface area contributed by atoms with Crippen molar-refractivity contribution >= 4 is 11.6 Å². The molecule has 2 heterocycles. The summed E-state index contributed by atoms with van der Waals surface area (Å²) < 4.78 is 1.84. The fourth-order valence-electron chi connectivity index (χ4n) is 4.36. The second-order valence-electron chi connectivity index (χ2n) is 7.58. The molecule has 0 atom stereocenters. The van der Waals surface area contributed by atoms with Gasteiger partial charge in [0.25, 0.3) is 0 Å². The van der Waals surface area contributed by atoms with Crippen LogP contribution in [0.25, 0.3) is 28.2 Å². The SMILES string of the molecule is O=C(O)c1ccc(-c2ccnc3cc(-c4ccccc4)nn23)cc1C1CCCC1. The van der Waals surface area contributed by atoms with Gasteiger partial charge in [0.05, 0.1) is 17.0 Å². The number of carbonyl (C=O) groups is 1. The molecular weight excluding hydrogens is 362 g/mol. The molecule has 0 spiro atoms. The highest BCUT2D eigenvalue weighted by atomic mass is 16.4. The lowest BCUT2D eigenvalue weighted by Crippen LogP contribution is -2.06. The monoisotopic (exact) mass is 383 g/mol. The largest absolute Gasteiger partial charge is 0.478 e. The van der Waals surface area contributed by atoms with Gasteiger partial charge in [0.15, 0.2) is 5.65 Å². The molecule has 0 amide bonds. The van der Waals surface area contributed by atoms with Crippen LogP contribution in [0.2, 0.25) is 0 Å². The first-order valence-corrected chi connectivity index (χ1v) is 9.98. The van der Waals surface area contributed by atoms with Gasteiger partial charge in [0, 0.05) is 23.4 Å². The molecule has 0 radical (unpaired) electrons. The molecule has 1 aliphatic rings. The van der Waals surface area contributed by atoms with Crippen molar-refractivity contribution in [3.8, 4) is 22.5 Å². The Labute approximate surface area is 168 Å². The van der Waals surface area contributed by atoms with Gasteiger partial charge in [-0.15, -0.1) is 0 Å². The summed E-state index contributed by atoms with van der Waals surface area (Å²) in [5, 5.41) is 14.4. The first-order valence-electron chi connectivity index (χ1n) is 9.98. The summed E-state index contributed by atoms with van der Waals surface area (Å²) >= 11 is 0. The molecular formula is C24H21N3O2. The Morgan fingerprint density at radius 2 is 1.76 bits per heavy atom. The zero-order chi connectivity index (χ0) is 19.8. The zero-order valence-electron chi connectivity index (χ0n) is 16.0. The number of hydrogen-bond donors (Lipinski definition) is 1. The van der Waals surface area contributed by atoms with E-state index in [2.05, 4.69) is 4.98 Å². The first-order chi connectivity index (χ1) is 14.2. The van der Waals surface area contributed by atoms with E-state index < -0.39 is 5.97 Å². The Hall–Kier alpha value is -3.47. The highest BCUT2D eigenvalue weighted by molar-refractivity contribution is 5.90. The Morgan fingerprint density at radius 3 is 2.52 bits per heavy atom. The van der Waals surface area contributed by atoms with E-state index in [0.29, 0.717) is 11.5 Å². The predicted octanol–water partition coefficient (Wildman–Crippen LogP) is 5.42. The molecule has 1 saturated carbocycles. The van der Waals surface area contributed by atoms with Gasteiger partial charge in [-0.05, 0) is 42.5 Å². The third-order valence-corrected chi connectivity index (χ3v) is 5.80. The van der Waals surface area contributed by atoms with Crippen molar-refractivity contribution in [1.29, 1.82) is 0 Å². The van der Waals surface area contributed by atoms with Gasteiger partial charge in [-0.2, -0.15) is 5.10 Å². The van der Waals surface area contributed by atoms with Gasteiger partial charge in [0.1, 0.15) is 0 Å². The Balaban J connectivity index is 1.64. The van der Waals surface area contributed by atoms with Crippen LogP contribution in [0.5, 0.6) is 0 Å². The van der Waals surface area contributed by atoms with E-state index in [4.69, 9.17) is 5.10 Å². The van der Waals surface area contributed by atoms with E-state index >= 15 is 0 Å². The smallest absolute Gasteiger partial charge is 0.335 e. The van der Waals surface area contributed by atoms with Crippen molar-refractivity contribution in [2.75, 3.05) is 0 Å². The van der Waals surface area contributed by atoms with Crippen LogP contribution in [0.4, 0.5) is 0 Å². The summed E-state index contributed by atoms with van der Waals surface area (Å²) in [6.07, 6.45) is 6.20. The van der Waals surface area contributed by atoms with Crippen molar-refractivity contribution in [3.63, 3.8) is 0 Å². The lowest BCUT2D eigenvalue weighted by Gasteiger charge is -2.15. The third-order valence-electron chi connectivity index (χ3n) is 5.80. The normalized spacial score (nSPS) is 14.5. The van der Waals surface area contributed by atoms with Gasteiger partial charge in [-0.1, -0.05) is 49.2 Å². The summed E-state index contributed by atoms with van der Waals surface area (Å²) in [5.41, 5.74) is 5.90. The Bertz CT molecular complexity index is 1190. The molecule has 0 aliphatic heterocycles. The minimum absolute atomic E-state index is 0.316. The van der Waals surface area contributed by atoms with Crippen molar-refractivity contribution in [2.24, 2.45) is 0 Å². The number of benzene rings is 2.